The number of fused-ring (bicyclic) bond motifs is 1. The Morgan fingerprint density at radius 2 is 2.26 bits per heavy atom. The fourth-order valence-corrected chi connectivity index (χ4v) is 2.60. The third-order valence-electron chi connectivity index (χ3n) is 2.59. The van der Waals surface area contributed by atoms with Crippen molar-refractivity contribution in [2.45, 2.75) is 37.9 Å². The van der Waals surface area contributed by atoms with E-state index in [9.17, 15) is 9.59 Å². The zero-order valence-corrected chi connectivity index (χ0v) is 11.5. The van der Waals surface area contributed by atoms with Gasteiger partial charge in [-0.1, -0.05) is 11.8 Å². The molecule has 1 aliphatic heterocycles. The predicted octanol–water partition coefficient (Wildman–Crippen LogP) is 1.06. The van der Waals surface area contributed by atoms with Crippen molar-refractivity contribution in [3.8, 4) is 0 Å². The molecule has 19 heavy (non-hydrogen) atoms. The lowest BCUT2D eigenvalue weighted by atomic mass is 10.3. The summed E-state index contributed by atoms with van der Waals surface area (Å²) >= 11 is 1.63. The average Bonchev–Trinajstić information content (AvgIpc) is 2.80. The van der Waals surface area contributed by atoms with Crippen molar-refractivity contribution in [1.82, 2.24) is 14.8 Å². The molecule has 0 saturated heterocycles. The van der Waals surface area contributed by atoms with Crippen molar-refractivity contribution in [2.75, 3.05) is 17.7 Å². The number of ether oxygens (including phenoxy) is 1. The van der Waals surface area contributed by atoms with Crippen LogP contribution in [0.15, 0.2) is 5.16 Å². The fourth-order valence-electron chi connectivity index (χ4n) is 1.71. The van der Waals surface area contributed by atoms with Crippen LogP contribution in [0.4, 0.5) is 5.95 Å². The zero-order chi connectivity index (χ0) is 13.7. The number of hydrogen-bond acceptors (Lipinski definition) is 6. The van der Waals surface area contributed by atoms with Crippen LogP contribution in [-0.2, 0) is 20.9 Å². The summed E-state index contributed by atoms with van der Waals surface area (Å²) in [6.45, 7) is 2.87. The number of nitrogens with zero attached hydrogens (tertiary/aromatic N) is 3. The van der Waals surface area contributed by atoms with Crippen molar-refractivity contribution in [3.63, 3.8) is 0 Å². The molecule has 1 N–H and O–H groups in total. The summed E-state index contributed by atoms with van der Waals surface area (Å²) in [6.07, 6.45) is 1.20. The van der Waals surface area contributed by atoms with Gasteiger partial charge in [0, 0.05) is 18.7 Å². The first-order valence-electron chi connectivity index (χ1n) is 6.22. The van der Waals surface area contributed by atoms with E-state index < -0.39 is 0 Å². The van der Waals surface area contributed by atoms with E-state index in [0.29, 0.717) is 12.6 Å². The van der Waals surface area contributed by atoms with E-state index in [-0.39, 0.29) is 24.7 Å². The number of aromatic nitrogens is 3. The lowest BCUT2D eigenvalue weighted by Gasteiger charge is -2.14. The molecule has 0 atom stereocenters. The smallest absolute Gasteiger partial charge is 0.306 e. The van der Waals surface area contributed by atoms with Crippen molar-refractivity contribution in [2.24, 2.45) is 0 Å². The Morgan fingerprint density at radius 1 is 1.42 bits per heavy atom. The summed E-state index contributed by atoms with van der Waals surface area (Å²) in [5.74, 6) is 0.862. The minimum absolute atomic E-state index is 0.0788. The lowest BCUT2D eigenvalue weighted by Crippen LogP contribution is -2.18. The van der Waals surface area contributed by atoms with Gasteiger partial charge < -0.3 is 4.74 Å². The summed E-state index contributed by atoms with van der Waals surface area (Å²) in [4.78, 5) is 22.8. The molecule has 7 nitrogen and oxygen atoms in total. The van der Waals surface area contributed by atoms with Crippen LogP contribution in [0.1, 0.15) is 26.2 Å². The molecule has 0 bridgehead atoms. The molecule has 104 valence electrons. The Hall–Kier alpha value is -1.57. The van der Waals surface area contributed by atoms with E-state index in [4.69, 9.17) is 4.74 Å². The minimum Gasteiger partial charge on any atom is -0.466 e. The third-order valence-corrected chi connectivity index (χ3v) is 3.64. The van der Waals surface area contributed by atoms with Crippen LogP contribution in [-0.4, -0.2) is 39.0 Å². The van der Waals surface area contributed by atoms with Crippen LogP contribution in [0.5, 0.6) is 0 Å². The van der Waals surface area contributed by atoms with Gasteiger partial charge in [0.1, 0.15) is 0 Å². The molecule has 2 rings (SSSR count). The molecule has 1 aliphatic rings. The molecule has 8 heteroatoms. The number of rotatable bonds is 5. The first-order valence-corrected chi connectivity index (χ1v) is 7.20. The summed E-state index contributed by atoms with van der Waals surface area (Å²) < 4.78 is 6.65. The standard InChI is InChI=1S/C11H16N4O3S/c1-2-18-9(17)5-4-8(16)12-10-13-14-11-15(10)6-3-7-19-11/h2-7H2,1H3,(H,12,13,16). The number of amides is 1. The van der Waals surface area contributed by atoms with Crippen LogP contribution >= 0.6 is 11.8 Å². The number of anilines is 1. The number of carbonyl (C=O) groups is 2. The van der Waals surface area contributed by atoms with Gasteiger partial charge in [-0.15, -0.1) is 10.2 Å². The van der Waals surface area contributed by atoms with Crippen LogP contribution in [0.2, 0.25) is 0 Å². The van der Waals surface area contributed by atoms with E-state index in [1.54, 1.807) is 18.7 Å². The van der Waals surface area contributed by atoms with Crippen LogP contribution in [0.3, 0.4) is 0 Å². The lowest BCUT2D eigenvalue weighted by molar-refractivity contribution is -0.144. The van der Waals surface area contributed by atoms with Gasteiger partial charge in [0.15, 0.2) is 5.16 Å². The molecule has 0 radical (unpaired) electrons. The summed E-state index contributed by atoms with van der Waals surface area (Å²) in [6, 6.07) is 0. The molecule has 0 spiro atoms. The van der Waals surface area contributed by atoms with Crippen LogP contribution < -0.4 is 5.32 Å². The van der Waals surface area contributed by atoms with Crippen molar-refractivity contribution in [1.29, 1.82) is 0 Å². The molecule has 1 amide bonds. The summed E-state index contributed by atoms with van der Waals surface area (Å²) in [7, 11) is 0. The highest BCUT2D eigenvalue weighted by atomic mass is 32.2. The second-order valence-corrected chi connectivity index (χ2v) is 5.08. The van der Waals surface area contributed by atoms with Crippen molar-refractivity contribution in [3.05, 3.63) is 0 Å². The van der Waals surface area contributed by atoms with Gasteiger partial charge in [-0.05, 0) is 13.3 Å². The highest BCUT2D eigenvalue weighted by molar-refractivity contribution is 7.99. The van der Waals surface area contributed by atoms with Crippen molar-refractivity contribution >= 4 is 29.6 Å². The first-order chi connectivity index (χ1) is 9.20. The molecule has 2 heterocycles. The summed E-state index contributed by atoms with van der Waals surface area (Å²) in [5, 5.41) is 11.5. The number of hydrogen-bond donors (Lipinski definition) is 1. The average molecular weight is 284 g/mol. The number of nitrogens with one attached hydrogen (secondary N) is 1. The van der Waals surface area contributed by atoms with Gasteiger partial charge in [0.25, 0.3) is 0 Å². The molecule has 0 aromatic carbocycles. The van der Waals surface area contributed by atoms with E-state index in [1.165, 1.54) is 0 Å². The number of esters is 1. The van der Waals surface area contributed by atoms with Gasteiger partial charge in [0.2, 0.25) is 11.9 Å². The molecular weight excluding hydrogens is 268 g/mol. The highest BCUT2D eigenvalue weighted by Crippen LogP contribution is 2.25. The van der Waals surface area contributed by atoms with Crippen molar-refractivity contribution < 1.29 is 14.3 Å². The van der Waals surface area contributed by atoms with Gasteiger partial charge in [0.05, 0.1) is 13.0 Å². The van der Waals surface area contributed by atoms with E-state index in [0.717, 1.165) is 23.9 Å². The Balaban J connectivity index is 1.85. The molecule has 1 aromatic rings. The maximum atomic E-state index is 11.7. The van der Waals surface area contributed by atoms with Gasteiger partial charge in [-0.25, -0.2) is 0 Å². The Morgan fingerprint density at radius 3 is 3.05 bits per heavy atom. The maximum absolute atomic E-state index is 11.7. The van der Waals surface area contributed by atoms with Gasteiger partial charge in [-0.3, -0.25) is 19.5 Å². The highest BCUT2D eigenvalue weighted by Gasteiger charge is 2.18. The zero-order valence-electron chi connectivity index (χ0n) is 10.7. The SMILES string of the molecule is CCOC(=O)CCC(=O)Nc1nnc2n1CCCS2. The quantitative estimate of drug-likeness (QED) is 0.814. The predicted molar refractivity (Wildman–Crippen MR) is 69.9 cm³/mol. The molecule has 0 saturated carbocycles. The van der Waals surface area contributed by atoms with Crippen LogP contribution in [0.25, 0.3) is 0 Å². The van der Waals surface area contributed by atoms with E-state index >= 15 is 0 Å². The fraction of sp³-hybridized carbons (Fsp3) is 0.636. The first kappa shape index (κ1) is 13.9. The molecular formula is C11H16N4O3S. The largest absolute Gasteiger partial charge is 0.466 e. The number of carbonyl (C=O) groups excluding carboxylic acids is 2. The van der Waals surface area contributed by atoms with Gasteiger partial charge in [-0.2, -0.15) is 0 Å². The molecule has 0 aliphatic carbocycles. The molecule has 1 aromatic heterocycles. The Kier molecular flexibility index (Phi) is 4.78. The van der Waals surface area contributed by atoms with E-state index in [1.807, 2.05) is 4.57 Å². The monoisotopic (exact) mass is 284 g/mol. The summed E-state index contributed by atoms with van der Waals surface area (Å²) in [5.41, 5.74) is 0. The van der Waals surface area contributed by atoms with Gasteiger partial charge >= 0.3 is 5.97 Å². The second-order valence-electron chi connectivity index (χ2n) is 4.01. The third kappa shape index (κ3) is 3.69. The Bertz CT molecular complexity index is 475. The molecule has 0 unspecified atom stereocenters. The Labute approximate surface area is 115 Å². The maximum Gasteiger partial charge on any atom is 0.306 e. The second kappa shape index (κ2) is 6.55. The minimum atomic E-state index is -0.364. The van der Waals surface area contributed by atoms with E-state index in [2.05, 4.69) is 15.5 Å². The molecule has 0 fully saturated rings. The topological polar surface area (TPSA) is 86.1 Å². The normalized spacial score (nSPS) is 13.7. The van der Waals surface area contributed by atoms with Crippen LogP contribution in [0, 0.1) is 0 Å². The number of thioether (sulfide) groups is 1.